The maximum Gasteiger partial charge on any atom is 0.354 e. The Balaban J connectivity index is 2.54. The standard InChI is InChI=1S/C11H9ClN2O4/c1-2-18-11(15)9-4-6-3-7(14(16)17)5-8(12)10(6)13-9/h3-5,13H,2H2,1H3. The Morgan fingerprint density at radius 1 is 1.50 bits per heavy atom. The van der Waals surface area contributed by atoms with Crippen LogP contribution in [0.3, 0.4) is 0 Å². The SMILES string of the molecule is CCOC(=O)c1cc2cc([N+](=O)[O-])cc(Cl)c2[nH]1. The van der Waals surface area contributed by atoms with Crippen molar-refractivity contribution >= 4 is 34.2 Å². The van der Waals surface area contributed by atoms with Crippen molar-refractivity contribution in [2.75, 3.05) is 6.61 Å². The number of hydrogen-bond acceptors (Lipinski definition) is 4. The number of benzene rings is 1. The molecule has 0 saturated heterocycles. The summed E-state index contributed by atoms with van der Waals surface area (Å²) in [6, 6.07) is 4.06. The van der Waals surface area contributed by atoms with Gasteiger partial charge in [0.1, 0.15) is 5.69 Å². The quantitative estimate of drug-likeness (QED) is 0.527. The highest BCUT2D eigenvalue weighted by Gasteiger charge is 2.16. The van der Waals surface area contributed by atoms with Crippen LogP contribution in [0.15, 0.2) is 18.2 Å². The van der Waals surface area contributed by atoms with E-state index in [1.807, 2.05) is 0 Å². The third kappa shape index (κ3) is 2.14. The Morgan fingerprint density at radius 2 is 2.22 bits per heavy atom. The van der Waals surface area contributed by atoms with Gasteiger partial charge in [0.25, 0.3) is 5.69 Å². The third-order valence-electron chi connectivity index (χ3n) is 2.37. The second kappa shape index (κ2) is 4.66. The Bertz CT molecular complexity index is 635. The minimum Gasteiger partial charge on any atom is -0.461 e. The molecule has 0 aliphatic rings. The number of aromatic nitrogens is 1. The minimum absolute atomic E-state index is 0.123. The van der Waals surface area contributed by atoms with Crippen molar-refractivity contribution in [2.45, 2.75) is 6.92 Å². The Hall–Kier alpha value is -2.08. The van der Waals surface area contributed by atoms with Gasteiger partial charge >= 0.3 is 5.97 Å². The average molecular weight is 269 g/mol. The number of rotatable bonds is 3. The van der Waals surface area contributed by atoms with E-state index in [9.17, 15) is 14.9 Å². The summed E-state index contributed by atoms with van der Waals surface area (Å²) >= 11 is 5.91. The first-order chi connectivity index (χ1) is 8.52. The van der Waals surface area contributed by atoms with E-state index in [1.54, 1.807) is 6.92 Å². The number of nitro benzene ring substituents is 1. The summed E-state index contributed by atoms with van der Waals surface area (Å²) in [5.74, 6) is -0.521. The monoisotopic (exact) mass is 268 g/mol. The lowest BCUT2D eigenvalue weighted by molar-refractivity contribution is -0.384. The van der Waals surface area contributed by atoms with Gasteiger partial charge in [0.15, 0.2) is 0 Å². The van der Waals surface area contributed by atoms with E-state index < -0.39 is 10.9 Å². The molecule has 0 aliphatic heterocycles. The fourth-order valence-electron chi connectivity index (χ4n) is 1.61. The van der Waals surface area contributed by atoms with Gasteiger partial charge in [0, 0.05) is 17.5 Å². The van der Waals surface area contributed by atoms with Crippen LogP contribution >= 0.6 is 11.6 Å². The molecule has 1 N–H and O–H groups in total. The molecule has 1 heterocycles. The Morgan fingerprint density at radius 3 is 2.83 bits per heavy atom. The number of carbonyl (C=O) groups is 1. The molecule has 94 valence electrons. The van der Waals surface area contributed by atoms with Crippen molar-refractivity contribution in [3.8, 4) is 0 Å². The largest absolute Gasteiger partial charge is 0.461 e. The molecule has 0 bridgehead atoms. The van der Waals surface area contributed by atoms with Gasteiger partial charge < -0.3 is 9.72 Å². The van der Waals surface area contributed by atoms with Gasteiger partial charge in [-0.3, -0.25) is 10.1 Å². The van der Waals surface area contributed by atoms with Gasteiger partial charge in [0.2, 0.25) is 0 Å². The first kappa shape index (κ1) is 12.4. The Labute approximate surface area is 107 Å². The fraction of sp³-hybridized carbons (Fsp3) is 0.182. The van der Waals surface area contributed by atoms with Crippen LogP contribution in [0.5, 0.6) is 0 Å². The van der Waals surface area contributed by atoms with Crippen LogP contribution in [0.4, 0.5) is 5.69 Å². The molecular formula is C11H9ClN2O4. The summed E-state index contributed by atoms with van der Waals surface area (Å²) in [7, 11) is 0. The van der Waals surface area contributed by atoms with Crippen LogP contribution in [0.1, 0.15) is 17.4 Å². The zero-order valence-electron chi connectivity index (χ0n) is 9.40. The van der Waals surface area contributed by atoms with Crippen LogP contribution < -0.4 is 0 Å². The van der Waals surface area contributed by atoms with Crippen molar-refractivity contribution in [1.29, 1.82) is 0 Å². The van der Waals surface area contributed by atoms with E-state index >= 15 is 0 Å². The summed E-state index contributed by atoms with van der Waals surface area (Å²) in [6.07, 6.45) is 0. The molecule has 1 aromatic carbocycles. The van der Waals surface area contributed by atoms with Crippen LogP contribution in [-0.2, 0) is 4.74 Å². The fourth-order valence-corrected chi connectivity index (χ4v) is 1.88. The van der Waals surface area contributed by atoms with Crippen molar-refractivity contribution < 1.29 is 14.5 Å². The number of halogens is 1. The molecule has 0 spiro atoms. The topological polar surface area (TPSA) is 85.2 Å². The third-order valence-corrected chi connectivity index (χ3v) is 2.67. The minimum atomic E-state index is -0.539. The van der Waals surface area contributed by atoms with E-state index in [1.165, 1.54) is 18.2 Å². The number of aromatic amines is 1. The summed E-state index contributed by atoms with van der Waals surface area (Å²) < 4.78 is 4.83. The lowest BCUT2D eigenvalue weighted by atomic mass is 10.2. The molecular weight excluding hydrogens is 260 g/mol. The second-order valence-electron chi connectivity index (χ2n) is 3.55. The maximum atomic E-state index is 11.5. The molecule has 1 aromatic heterocycles. The molecule has 2 rings (SSSR count). The summed E-state index contributed by atoms with van der Waals surface area (Å²) in [5, 5.41) is 11.4. The van der Waals surface area contributed by atoms with Crippen LogP contribution in [0.25, 0.3) is 10.9 Å². The molecule has 2 aromatic rings. The van der Waals surface area contributed by atoms with Gasteiger partial charge in [0.05, 0.1) is 22.1 Å². The number of nitrogens with zero attached hydrogens (tertiary/aromatic N) is 1. The van der Waals surface area contributed by atoms with E-state index in [-0.39, 0.29) is 23.0 Å². The van der Waals surface area contributed by atoms with Crippen molar-refractivity contribution in [2.24, 2.45) is 0 Å². The molecule has 0 atom stereocenters. The number of esters is 1. The van der Waals surface area contributed by atoms with Gasteiger partial charge in [-0.05, 0) is 13.0 Å². The van der Waals surface area contributed by atoms with E-state index in [0.717, 1.165) is 0 Å². The zero-order chi connectivity index (χ0) is 13.3. The zero-order valence-corrected chi connectivity index (χ0v) is 10.2. The number of non-ortho nitro benzene ring substituents is 1. The Kier molecular flexibility index (Phi) is 3.20. The number of fused-ring (bicyclic) bond motifs is 1. The number of H-pyrrole nitrogens is 1. The van der Waals surface area contributed by atoms with Gasteiger partial charge in [-0.15, -0.1) is 0 Å². The molecule has 7 heteroatoms. The lowest BCUT2D eigenvalue weighted by Gasteiger charge is -1.97. The summed E-state index contributed by atoms with van der Waals surface area (Å²) in [5.41, 5.74) is 0.571. The lowest BCUT2D eigenvalue weighted by Crippen LogP contribution is -2.04. The molecule has 0 radical (unpaired) electrons. The first-order valence-corrected chi connectivity index (χ1v) is 5.54. The molecule has 6 nitrogen and oxygen atoms in total. The van der Waals surface area contributed by atoms with Crippen LogP contribution in [0.2, 0.25) is 5.02 Å². The second-order valence-corrected chi connectivity index (χ2v) is 3.96. The van der Waals surface area contributed by atoms with Crippen molar-refractivity contribution in [1.82, 2.24) is 4.98 Å². The highest BCUT2D eigenvalue weighted by Crippen LogP contribution is 2.29. The highest BCUT2D eigenvalue weighted by atomic mass is 35.5. The van der Waals surface area contributed by atoms with Crippen molar-refractivity contribution in [3.63, 3.8) is 0 Å². The number of hydrogen-bond donors (Lipinski definition) is 1. The van der Waals surface area contributed by atoms with E-state index in [2.05, 4.69) is 4.98 Å². The van der Waals surface area contributed by atoms with Crippen LogP contribution in [0, 0.1) is 10.1 Å². The molecule has 0 amide bonds. The predicted molar refractivity (Wildman–Crippen MR) is 65.9 cm³/mol. The summed E-state index contributed by atoms with van der Waals surface area (Å²) in [4.78, 5) is 24.4. The highest BCUT2D eigenvalue weighted by molar-refractivity contribution is 6.35. The summed E-state index contributed by atoms with van der Waals surface area (Å²) in [6.45, 7) is 1.94. The van der Waals surface area contributed by atoms with Gasteiger partial charge in [-0.25, -0.2) is 4.79 Å². The normalized spacial score (nSPS) is 10.6. The van der Waals surface area contributed by atoms with E-state index in [0.29, 0.717) is 10.9 Å². The number of carbonyl (C=O) groups excluding carboxylic acids is 1. The number of nitro groups is 1. The molecule has 0 saturated carbocycles. The van der Waals surface area contributed by atoms with Gasteiger partial charge in [-0.1, -0.05) is 11.6 Å². The maximum absolute atomic E-state index is 11.5. The molecule has 0 unspecified atom stereocenters. The predicted octanol–water partition coefficient (Wildman–Crippen LogP) is 2.91. The van der Waals surface area contributed by atoms with Gasteiger partial charge in [-0.2, -0.15) is 0 Å². The van der Waals surface area contributed by atoms with Crippen molar-refractivity contribution in [3.05, 3.63) is 39.0 Å². The average Bonchev–Trinajstić information content (AvgIpc) is 2.73. The molecule has 18 heavy (non-hydrogen) atoms. The first-order valence-electron chi connectivity index (χ1n) is 5.16. The van der Waals surface area contributed by atoms with E-state index in [4.69, 9.17) is 16.3 Å². The smallest absolute Gasteiger partial charge is 0.354 e. The molecule has 0 aliphatic carbocycles. The number of ether oxygens (including phenoxy) is 1. The molecule has 0 fully saturated rings. The van der Waals surface area contributed by atoms with Crippen LogP contribution in [-0.4, -0.2) is 22.5 Å². The number of nitrogens with one attached hydrogen (secondary N) is 1.